The Morgan fingerprint density at radius 2 is 1.86 bits per heavy atom. The molecule has 0 spiro atoms. The van der Waals surface area contributed by atoms with E-state index in [0.29, 0.717) is 28.9 Å². The SMILES string of the molecule is COc1ccc(S(=O)(=O)N(CC(=O)NCc2cccc(N3CCCC3=O)c2)c2ccc(C)cc2)cc1Br. The monoisotopic (exact) mass is 585 g/mol. The number of carbonyl (C=O) groups is 2. The summed E-state index contributed by atoms with van der Waals surface area (Å²) in [5.74, 6) is 0.126. The Hall–Kier alpha value is -3.37. The topological polar surface area (TPSA) is 96.0 Å². The van der Waals surface area contributed by atoms with E-state index in [-0.39, 0.29) is 17.3 Å². The third kappa shape index (κ3) is 6.14. The largest absolute Gasteiger partial charge is 0.496 e. The average Bonchev–Trinajstić information content (AvgIpc) is 3.32. The van der Waals surface area contributed by atoms with Crippen molar-refractivity contribution in [2.75, 3.05) is 29.4 Å². The molecular formula is C27H28BrN3O5S. The second kappa shape index (κ2) is 11.4. The van der Waals surface area contributed by atoms with E-state index in [1.165, 1.54) is 19.2 Å². The molecule has 0 bridgehead atoms. The van der Waals surface area contributed by atoms with Crippen molar-refractivity contribution in [2.45, 2.75) is 31.2 Å². The zero-order chi connectivity index (χ0) is 26.6. The Morgan fingerprint density at radius 3 is 2.51 bits per heavy atom. The fourth-order valence-corrected chi connectivity index (χ4v) is 6.24. The highest BCUT2D eigenvalue weighted by Crippen LogP contribution is 2.31. The molecule has 10 heteroatoms. The van der Waals surface area contributed by atoms with Crippen molar-refractivity contribution in [3.8, 4) is 5.75 Å². The number of nitrogens with zero attached hydrogens (tertiary/aromatic N) is 2. The molecule has 4 rings (SSSR count). The lowest BCUT2D eigenvalue weighted by Gasteiger charge is -2.24. The van der Waals surface area contributed by atoms with E-state index in [4.69, 9.17) is 4.74 Å². The zero-order valence-corrected chi connectivity index (χ0v) is 23.0. The lowest BCUT2D eigenvalue weighted by Crippen LogP contribution is -2.40. The van der Waals surface area contributed by atoms with Gasteiger partial charge < -0.3 is 15.0 Å². The molecule has 1 N–H and O–H groups in total. The number of halogens is 1. The predicted molar refractivity (Wildman–Crippen MR) is 146 cm³/mol. The summed E-state index contributed by atoms with van der Waals surface area (Å²) in [4.78, 5) is 26.8. The number of sulfonamides is 1. The zero-order valence-electron chi connectivity index (χ0n) is 20.6. The van der Waals surface area contributed by atoms with Crippen LogP contribution in [0.2, 0.25) is 0 Å². The summed E-state index contributed by atoms with van der Waals surface area (Å²) >= 11 is 3.34. The van der Waals surface area contributed by atoms with Crippen LogP contribution < -0.4 is 19.3 Å². The summed E-state index contributed by atoms with van der Waals surface area (Å²) in [5.41, 5.74) is 2.95. The number of amides is 2. The Labute approximate surface area is 225 Å². The lowest BCUT2D eigenvalue weighted by atomic mass is 10.2. The van der Waals surface area contributed by atoms with Crippen LogP contribution >= 0.6 is 15.9 Å². The first-order valence-electron chi connectivity index (χ1n) is 11.8. The number of nitrogens with one attached hydrogen (secondary N) is 1. The maximum absolute atomic E-state index is 13.6. The van der Waals surface area contributed by atoms with Crippen molar-refractivity contribution in [2.24, 2.45) is 0 Å². The molecule has 1 fully saturated rings. The quantitative estimate of drug-likeness (QED) is 0.401. The van der Waals surface area contributed by atoms with Gasteiger partial charge in [0.1, 0.15) is 12.3 Å². The molecule has 8 nitrogen and oxygen atoms in total. The van der Waals surface area contributed by atoms with Crippen LogP contribution in [-0.2, 0) is 26.2 Å². The smallest absolute Gasteiger partial charge is 0.264 e. The van der Waals surface area contributed by atoms with E-state index in [0.717, 1.165) is 27.5 Å². The van der Waals surface area contributed by atoms with E-state index in [1.807, 2.05) is 31.2 Å². The van der Waals surface area contributed by atoms with Gasteiger partial charge in [-0.1, -0.05) is 29.8 Å². The third-order valence-electron chi connectivity index (χ3n) is 6.11. The van der Waals surface area contributed by atoms with Gasteiger partial charge >= 0.3 is 0 Å². The van der Waals surface area contributed by atoms with Gasteiger partial charge in [0.25, 0.3) is 10.0 Å². The maximum atomic E-state index is 13.6. The minimum absolute atomic E-state index is 0.0246. The van der Waals surface area contributed by atoms with Crippen LogP contribution in [0.3, 0.4) is 0 Å². The third-order valence-corrected chi connectivity index (χ3v) is 8.50. The second-order valence-electron chi connectivity index (χ2n) is 8.74. The number of methoxy groups -OCH3 is 1. The number of anilines is 2. The average molecular weight is 587 g/mol. The molecule has 3 aromatic carbocycles. The molecule has 1 saturated heterocycles. The van der Waals surface area contributed by atoms with Crippen molar-refractivity contribution in [3.63, 3.8) is 0 Å². The van der Waals surface area contributed by atoms with Crippen LogP contribution in [0.25, 0.3) is 0 Å². The first-order valence-corrected chi connectivity index (χ1v) is 14.0. The maximum Gasteiger partial charge on any atom is 0.264 e. The standard InChI is InChI=1S/C27H28BrN3O5S/c1-19-8-10-21(11-9-19)31(37(34,35)23-12-13-25(36-2)24(28)16-23)18-26(32)29-17-20-5-3-6-22(15-20)30-14-4-7-27(30)33/h3,5-6,8-13,15-16H,4,7,14,17-18H2,1-2H3,(H,29,32). The molecule has 0 unspecified atom stereocenters. The molecule has 1 heterocycles. The van der Waals surface area contributed by atoms with Gasteiger partial charge in [-0.05, 0) is 77.3 Å². The van der Waals surface area contributed by atoms with Gasteiger partial charge in [-0.2, -0.15) is 0 Å². The molecule has 0 radical (unpaired) electrons. The van der Waals surface area contributed by atoms with Crippen LogP contribution in [-0.4, -0.2) is 40.4 Å². The Kier molecular flexibility index (Phi) is 8.19. The highest BCUT2D eigenvalue weighted by Gasteiger charge is 2.28. The molecule has 194 valence electrons. The number of aryl methyl sites for hydroxylation is 1. The fraction of sp³-hybridized carbons (Fsp3) is 0.259. The van der Waals surface area contributed by atoms with E-state index in [1.54, 1.807) is 35.2 Å². The minimum Gasteiger partial charge on any atom is -0.496 e. The molecule has 1 aliphatic heterocycles. The van der Waals surface area contributed by atoms with Gasteiger partial charge in [-0.3, -0.25) is 13.9 Å². The number of ether oxygens (including phenoxy) is 1. The summed E-state index contributed by atoms with van der Waals surface area (Å²) in [6.45, 7) is 2.38. The molecule has 0 atom stereocenters. The minimum atomic E-state index is -4.07. The van der Waals surface area contributed by atoms with E-state index in [2.05, 4.69) is 21.2 Å². The van der Waals surface area contributed by atoms with E-state index >= 15 is 0 Å². The van der Waals surface area contributed by atoms with Gasteiger partial charge in [0.15, 0.2) is 0 Å². The highest BCUT2D eigenvalue weighted by atomic mass is 79.9. The van der Waals surface area contributed by atoms with Crippen LogP contribution in [0.1, 0.15) is 24.0 Å². The van der Waals surface area contributed by atoms with Crippen LogP contribution in [0.4, 0.5) is 11.4 Å². The van der Waals surface area contributed by atoms with Gasteiger partial charge in [0, 0.05) is 25.2 Å². The number of hydrogen-bond acceptors (Lipinski definition) is 5. The van der Waals surface area contributed by atoms with Crippen LogP contribution in [0, 0.1) is 6.92 Å². The first kappa shape index (κ1) is 26.7. The fourth-order valence-electron chi connectivity index (χ4n) is 4.10. The second-order valence-corrected chi connectivity index (χ2v) is 11.5. The Bertz CT molecular complexity index is 1410. The molecule has 0 saturated carbocycles. The molecule has 1 aliphatic rings. The van der Waals surface area contributed by atoms with Crippen molar-refractivity contribution < 1.29 is 22.7 Å². The highest BCUT2D eigenvalue weighted by molar-refractivity contribution is 9.10. The summed E-state index contributed by atoms with van der Waals surface area (Å²) < 4.78 is 34.1. The molecule has 0 aromatic heterocycles. The summed E-state index contributed by atoms with van der Waals surface area (Å²) in [6.07, 6.45) is 1.36. The number of benzene rings is 3. The summed E-state index contributed by atoms with van der Waals surface area (Å²) in [5, 5.41) is 2.82. The number of hydrogen-bond donors (Lipinski definition) is 1. The van der Waals surface area contributed by atoms with Gasteiger partial charge in [0.05, 0.1) is 22.2 Å². The molecule has 37 heavy (non-hydrogen) atoms. The Balaban J connectivity index is 1.54. The first-order chi connectivity index (χ1) is 17.7. The molecule has 2 amide bonds. The Morgan fingerprint density at radius 1 is 1.11 bits per heavy atom. The van der Waals surface area contributed by atoms with Gasteiger partial charge in [-0.15, -0.1) is 0 Å². The predicted octanol–water partition coefficient (Wildman–Crippen LogP) is 4.40. The van der Waals surface area contributed by atoms with Crippen LogP contribution in [0.15, 0.2) is 76.1 Å². The number of rotatable bonds is 9. The molecule has 0 aliphatic carbocycles. The lowest BCUT2D eigenvalue weighted by molar-refractivity contribution is -0.120. The van der Waals surface area contributed by atoms with Crippen molar-refractivity contribution in [1.82, 2.24) is 5.32 Å². The van der Waals surface area contributed by atoms with Crippen LogP contribution in [0.5, 0.6) is 5.75 Å². The van der Waals surface area contributed by atoms with Gasteiger partial charge in [-0.25, -0.2) is 8.42 Å². The van der Waals surface area contributed by atoms with Crippen molar-refractivity contribution >= 4 is 49.1 Å². The van der Waals surface area contributed by atoms with Crippen molar-refractivity contribution in [1.29, 1.82) is 0 Å². The van der Waals surface area contributed by atoms with Gasteiger partial charge in [0.2, 0.25) is 11.8 Å². The number of carbonyl (C=O) groups excluding carboxylic acids is 2. The summed E-state index contributed by atoms with van der Waals surface area (Å²) in [7, 11) is -2.58. The van der Waals surface area contributed by atoms with E-state index in [9.17, 15) is 18.0 Å². The normalized spacial score (nSPS) is 13.5. The van der Waals surface area contributed by atoms with Crippen molar-refractivity contribution in [3.05, 3.63) is 82.3 Å². The molecular weight excluding hydrogens is 558 g/mol. The molecule has 3 aromatic rings. The van der Waals surface area contributed by atoms with E-state index < -0.39 is 22.5 Å². The summed E-state index contributed by atoms with van der Waals surface area (Å²) in [6, 6.07) is 18.8.